The van der Waals surface area contributed by atoms with Gasteiger partial charge in [-0.3, -0.25) is 14.7 Å². The molecule has 1 aliphatic rings. The van der Waals surface area contributed by atoms with Crippen LogP contribution in [-0.2, 0) is 9.47 Å². The van der Waals surface area contributed by atoms with Crippen LogP contribution in [0.15, 0.2) is 11.6 Å². The molecule has 0 saturated heterocycles. The number of H-pyrrole nitrogens is 1. The van der Waals surface area contributed by atoms with Crippen molar-refractivity contribution >= 4 is 23.6 Å². The summed E-state index contributed by atoms with van der Waals surface area (Å²) >= 11 is 0. The van der Waals surface area contributed by atoms with E-state index in [2.05, 4.69) is 25.0 Å². The molecular weight excluding hydrogens is 306 g/mol. The van der Waals surface area contributed by atoms with Gasteiger partial charge in [0.05, 0.1) is 19.8 Å². The summed E-state index contributed by atoms with van der Waals surface area (Å²) in [6, 6.07) is 0. The summed E-state index contributed by atoms with van der Waals surface area (Å²) in [5.74, 6) is -1.68. The topological polar surface area (TPSA) is 127 Å². The molecule has 23 heavy (non-hydrogen) atoms. The number of nitrogens with one attached hydrogen (secondary N) is 2. The van der Waals surface area contributed by atoms with E-state index in [4.69, 9.17) is 0 Å². The van der Waals surface area contributed by atoms with Gasteiger partial charge in [0.25, 0.3) is 0 Å². The number of methoxy groups -OCH3 is 2. The monoisotopic (exact) mass is 321 g/mol. The molecule has 0 fully saturated rings. The van der Waals surface area contributed by atoms with Gasteiger partial charge in [-0.15, -0.1) is 0 Å². The van der Waals surface area contributed by atoms with E-state index >= 15 is 0 Å². The van der Waals surface area contributed by atoms with Crippen LogP contribution in [0.5, 0.6) is 0 Å². The van der Waals surface area contributed by atoms with Gasteiger partial charge in [0.15, 0.2) is 11.5 Å². The first-order chi connectivity index (χ1) is 11.0. The van der Waals surface area contributed by atoms with Crippen molar-refractivity contribution in [2.45, 2.75) is 12.8 Å². The maximum atomic E-state index is 12.4. The number of Topliss-reactive ketones (excluding diaryl/α,β-unsaturated/α-hetero) is 1. The highest BCUT2D eigenvalue weighted by molar-refractivity contribution is 6.26. The maximum absolute atomic E-state index is 12.4. The van der Waals surface area contributed by atoms with Crippen LogP contribution in [0.25, 0.3) is 0 Å². The van der Waals surface area contributed by atoms with Crippen molar-refractivity contribution in [1.29, 1.82) is 0 Å². The maximum Gasteiger partial charge on any atom is 0.406 e. The third-order valence-electron chi connectivity index (χ3n) is 3.29. The first-order valence-corrected chi connectivity index (χ1v) is 6.77. The molecule has 1 aromatic rings. The predicted molar refractivity (Wildman–Crippen MR) is 76.3 cm³/mol. The van der Waals surface area contributed by atoms with Gasteiger partial charge in [0.1, 0.15) is 5.69 Å². The van der Waals surface area contributed by atoms with E-state index < -0.39 is 23.6 Å². The van der Waals surface area contributed by atoms with E-state index in [1.807, 2.05) is 0 Å². The molecule has 0 unspecified atom stereocenters. The SMILES string of the molecule is COC(=O)NCCCC1=CC(=O)c2n[nH]c(C(=O)OC)c2C1=O. The van der Waals surface area contributed by atoms with Crippen LogP contribution in [-0.4, -0.2) is 54.6 Å². The molecule has 0 atom stereocenters. The van der Waals surface area contributed by atoms with Gasteiger partial charge in [-0.05, 0) is 18.9 Å². The van der Waals surface area contributed by atoms with Crippen LogP contribution >= 0.6 is 0 Å². The second kappa shape index (κ2) is 6.86. The van der Waals surface area contributed by atoms with Gasteiger partial charge < -0.3 is 14.8 Å². The summed E-state index contributed by atoms with van der Waals surface area (Å²) in [6.07, 6.45) is 1.32. The zero-order chi connectivity index (χ0) is 17.0. The number of carbonyl (C=O) groups is 4. The Morgan fingerprint density at radius 1 is 1.26 bits per heavy atom. The summed E-state index contributed by atoms with van der Waals surface area (Å²) in [5.41, 5.74) is -0.0491. The Morgan fingerprint density at radius 3 is 2.65 bits per heavy atom. The molecule has 2 N–H and O–H groups in total. The molecule has 2 rings (SSSR count). The Bertz CT molecular complexity index is 703. The first-order valence-electron chi connectivity index (χ1n) is 6.77. The van der Waals surface area contributed by atoms with Crippen molar-refractivity contribution in [3.05, 3.63) is 28.6 Å². The van der Waals surface area contributed by atoms with Crippen LogP contribution < -0.4 is 5.32 Å². The van der Waals surface area contributed by atoms with Gasteiger partial charge in [-0.1, -0.05) is 0 Å². The number of aromatic amines is 1. The number of amides is 1. The normalized spacial score (nSPS) is 13.2. The number of carbonyl (C=O) groups excluding carboxylic acids is 4. The molecule has 0 aliphatic heterocycles. The van der Waals surface area contributed by atoms with Gasteiger partial charge in [-0.2, -0.15) is 5.10 Å². The van der Waals surface area contributed by atoms with Gasteiger partial charge in [0.2, 0.25) is 5.78 Å². The minimum absolute atomic E-state index is 0.0692. The quantitative estimate of drug-likeness (QED) is 0.601. The molecule has 0 radical (unpaired) electrons. The van der Waals surface area contributed by atoms with Crippen molar-refractivity contribution in [1.82, 2.24) is 15.5 Å². The number of hydrogen-bond donors (Lipinski definition) is 2. The van der Waals surface area contributed by atoms with Crippen LogP contribution in [0, 0.1) is 0 Å². The highest BCUT2D eigenvalue weighted by Crippen LogP contribution is 2.25. The Balaban J connectivity index is 2.11. The molecule has 1 aliphatic carbocycles. The van der Waals surface area contributed by atoms with E-state index in [1.54, 1.807) is 0 Å². The number of rotatable bonds is 5. The lowest BCUT2D eigenvalue weighted by Crippen LogP contribution is -2.25. The highest BCUT2D eigenvalue weighted by Gasteiger charge is 2.33. The van der Waals surface area contributed by atoms with Gasteiger partial charge in [-0.25, -0.2) is 9.59 Å². The average molecular weight is 321 g/mol. The lowest BCUT2D eigenvalue weighted by molar-refractivity contribution is 0.0590. The van der Waals surface area contributed by atoms with E-state index in [0.29, 0.717) is 6.42 Å². The van der Waals surface area contributed by atoms with Crippen LogP contribution in [0.2, 0.25) is 0 Å². The number of aromatic nitrogens is 2. The highest BCUT2D eigenvalue weighted by atomic mass is 16.5. The third kappa shape index (κ3) is 3.28. The van der Waals surface area contributed by atoms with Crippen molar-refractivity contribution in [2.24, 2.45) is 0 Å². The molecule has 0 spiro atoms. The number of nitrogens with zero attached hydrogens (tertiary/aromatic N) is 1. The van der Waals surface area contributed by atoms with E-state index in [9.17, 15) is 19.2 Å². The number of allylic oxidation sites excluding steroid dienone is 2. The Morgan fingerprint density at radius 2 is 2.00 bits per heavy atom. The van der Waals surface area contributed by atoms with E-state index in [-0.39, 0.29) is 35.5 Å². The largest absolute Gasteiger partial charge is 0.464 e. The lowest BCUT2D eigenvalue weighted by atomic mass is 9.90. The second-order valence-electron chi connectivity index (χ2n) is 4.70. The van der Waals surface area contributed by atoms with Crippen LogP contribution in [0.4, 0.5) is 4.79 Å². The average Bonchev–Trinajstić information content (AvgIpc) is 3.00. The van der Waals surface area contributed by atoms with Crippen molar-refractivity contribution in [3.63, 3.8) is 0 Å². The lowest BCUT2D eigenvalue weighted by Gasteiger charge is -2.12. The molecule has 0 aromatic carbocycles. The fourth-order valence-electron chi connectivity index (χ4n) is 2.17. The third-order valence-corrected chi connectivity index (χ3v) is 3.29. The molecule has 1 amide bonds. The molecule has 0 bridgehead atoms. The fraction of sp³-hybridized carbons (Fsp3) is 0.357. The standard InChI is InChI=1S/C14H15N3O6/c1-22-13(20)11-9-10(16-17-11)8(18)6-7(12(9)19)4-3-5-15-14(21)23-2/h6H,3-5H2,1-2H3,(H,15,21)(H,16,17). The molecule has 9 nitrogen and oxygen atoms in total. The Hall–Kier alpha value is -2.97. The minimum Gasteiger partial charge on any atom is -0.464 e. The van der Waals surface area contributed by atoms with Crippen molar-refractivity contribution in [3.8, 4) is 0 Å². The number of hydrogen-bond acceptors (Lipinski definition) is 7. The van der Waals surface area contributed by atoms with Crippen LogP contribution in [0.3, 0.4) is 0 Å². The van der Waals surface area contributed by atoms with Gasteiger partial charge in [0, 0.05) is 12.1 Å². The number of esters is 1. The number of fused-ring (bicyclic) bond motifs is 1. The summed E-state index contributed by atoms with van der Waals surface area (Å²) in [4.78, 5) is 47.0. The molecule has 122 valence electrons. The van der Waals surface area contributed by atoms with Crippen molar-refractivity contribution < 1.29 is 28.7 Å². The number of alkyl carbamates (subject to hydrolysis) is 1. The first kappa shape index (κ1) is 16.4. The van der Waals surface area contributed by atoms with E-state index in [1.165, 1.54) is 20.3 Å². The zero-order valence-electron chi connectivity index (χ0n) is 12.6. The Labute approximate surface area is 131 Å². The second-order valence-corrected chi connectivity index (χ2v) is 4.70. The summed E-state index contributed by atoms with van der Waals surface area (Å²) in [5, 5.41) is 8.55. The molecule has 0 saturated carbocycles. The van der Waals surface area contributed by atoms with Gasteiger partial charge >= 0.3 is 12.1 Å². The molecular formula is C14H15N3O6. The molecule has 1 heterocycles. The fourth-order valence-corrected chi connectivity index (χ4v) is 2.17. The molecule has 1 aromatic heterocycles. The van der Waals surface area contributed by atoms with E-state index in [0.717, 1.165) is 0 Å². The minimum atomic E-state index is -0.770. The Kier molecular flexibility index (Phi) is 4.89. The summed E-state index contributed by atoms with van der Waals surface area (Å²) in [6.45, 7) is 0.285. The number of ether oxygens (including phenoxy) is 2. The molecule has 9 heteroatoms. The summed E-state index contributed by atoms with van der Waals surface area (Å²) < 4.78 is 8.98. The smallest absolute Gasteiger partial charge is 0.406 e. The van der Waals surface area contributed by atoms with Crippen molar-refractivity contribution in [2.75, 3.05) is 20.8 Å². The summed E-state index contributed by atoms with van der Waals surface area (Å²) in [7, 11) is 2.41. The predicted octanol–water partition coefficient (Wildman–Crippen LogP) is 0.638. The van der Waals surface area contributed by atoms with Crippen LogP contribution in [0.1, 0.15) is 44.2 Å². The number of ketones is 2. The zero-order valence-corrected chi connectivity index (χ0v) is 12.6.